The maximum atomic E-state index is 12.7. The number of carbonyl (C=O) groups is 2. The number of hydrogen-bond acceptors (Lipinski definition) is 4. The number of rotatable bonds is 9. The van der Waals surface area contributed by atoms with Crippen LogP contribution in [-0.4, -0.2) is 34.2 Å². The largest absolute Gasteiger partial charge is 0.461 e. The summed E-state index contributed by atoms with van der Waals surface area (Å²) in [6, 6.07) is -0.778. The summed E-state index contributed by atoms with van der Waals surface area (Å²) >= 11 is 2.40. The molecule has 0 aromatic carbocycles. The molecule has 0 aromatic heterocycles. The molecule has 1 rings (SSSR count). The Labute approximate surface area is 195 Å². The van der Waals surface area contributed by atoms with Gasteiger partial charge in [-0.15, -0.1) is 0 Å². The predicted octanol–water partition coefficient (Wildman–Crippen LogP) is 6.13. The summed E-state index contributed by atoms with van der Waals surface area (Å²) < 4.78 is 12.0. The van der Waals surface area contributed by atoms with Crippen molar-refractivity contribution in [3.8, 4) is 0 Å². The van der Waals surface area contributed by atoms with Crippen molar-refractivity contribution in [1.82, 2.24) is 5.32 Å². The van der Waals surface area contributed by atoms with Crippen LogP contribution in [0.5, 0.6) is 0 Å². The molecule has 1 aliphatic rings. The Bertz CT molecular complexity index is 675. The minimum Gasteiger partial charge on any atom is -0.461 e. The molecule has 1 unspecified atom stereocenters. The number of alkyl carbamates (subject to hydrolysis) is 1. The van der Waals surface area contributed by atoms with E-state index in [1.165, 1.54) is 11.1 Å². The van der Waals surface area contributed by atoms with Gasteiger partial charge in [0, 0.05) is 10.3 Å². The second kappa shape index (κ2) is 12.5. The first-order chi connectivity index (χ1) is 14.0. The van der Waals surface area contributed by atoms with Crippen LogP contribution in [-0.2, 0) is 14.3 Å². The average Bonchev–Trinajstić information content (AvgIpc) is 2.66. The van der Waals surface area contributed by atoms with Crippen molar-refractivity contribution >= 4 is 34.7 Å². The monoisotopic (exact) mass is 531 g/mol. The lowest BCUT2D eigenvalue weighted by Gasteiger charge is -2.31. The third kappa shape index (κ3) is 9.23. The molecule has 0 bridgehead atoms. The molecule has 0 saturated carbocycles. The van der Waals surface area contributed by atoms with Crippen molar-refractivity contribution in [2.45, 2.75) is 85.5 Å². The molecule has 0 saturated heterocycles. The SMILES string of the molecule is CC/C(C)=C(\CI)[C@@H](CC1C=CC=CC1)[C@H](C)OC(=O)[C@H](C)NC(=O)OC(C)(C)C. The van der Waals surface area contributed by atoms with Gasteiger partial charge >= 0.3 is 12.1 Å². The standard InChI is InChI=1S/C24H38INO4/c1-8-16(2)21(15-25)20(14-19-12-10-9-11-13-19)18(4)29-22(27)17(3)26-23(28)30-24(5,6)7/h9-12,17-20H,8,13-15H2,1-7H3,(H,26,28)/b21-16+/t17-,18-,19?,20-/m0/s1. The van der Waals surface area contributed by atoms with Gasteiger partial charge in [-0.25, -0.2) is 9.59 Å². The van der Waals surface area contributed by atoms with Crippen LogP contribution in [0.1, 0.15) is 67.7 Å². The number of ether oxygens (including phenoxy) is 2. The lowest BCUT2D eigenvalue weighted by molar-refractivity contribution is -0.152. The van der Waals surface area contributed by atoms with Crippen LogP contribution < -0.4 is 5.32 Å². The summed E-state index contributed by atoms with van der Waals surface area (Å²) in [4.78, 5) is 24.6. The first-order valence-corrected chi connectivity index (χ1v) is 12.3. The third-order valence-electron chi connectivity index (χ3n) is 5.25. The minimum absolute atomic E-state index is 0.140. The van der Waals surface area contributed by atoms with Gasteiger partial charge in [0.2, 0.25) is 0 Å². The Morgan fingerprint density at radius 1 is 1.23 bits per heavy atom. The molecule has 0 spiro atoms. The van der Waals surface area contributed by atoms with Crippen LogP contribution in [0, 0.1) is 11.8 Å². The van der Waals surface area contributed by atoms with Gasteiger partial charge in [-0.05, 0) is 66.7 Å². The van der Waals surface area contributed by atoms with Gasteiger partial charge in [-0.1, -0.05) is 65.0 Å². The Hall–Kier alpha value is -1.31. The molecule has 0 heterocycles. The summed E-state index contributed by atoms with van der Waals surface area (Å²) in [6.45, 7) is 13.3. The molecular formula is C24H38INO4. The topological polar surface area (TPSA) is 64.6 Å². The zero-order valence-electron chi connectivity index (χ0n) is 19.5. The summed E-state index contributed by atoms with van der Waals surface area (Å²) in [5.74, 6) is 0.126. The van der Waals surface area contributed by atoms with E-state index in [-0.39, 0.29) is 12.0 Å². The molecule has 6 heteroatoms. The molecule has 1 amide bonds. The van der Waals surface area contributed by atoms with E-state index < -0.39 is 23.7 Å². The minimum atomic E-state index is -0.778. The number of allylic oxidation sites excluding steroid dienone is 5. The van der Waals surface area contributed by atoms with Gasteiger partial charge in [-0.3, -0.25) is 0 Å². The van der Waals surface area contributed by atoms with Crippen LogP contribution in [0.2, 0.25) is 0 Å². The fourth-order valence-corrected chi connectivity index (χ4v) is 4.63. The van der Waals surface area contributed by atoms with Gasteiger partial charge in [-0.2, -0.15) is 0 Å². The molecule has 1 N–H and O–H groups in total. The van der Waals surface area contributed by atoms with E-state index in [9.17, 15) is 9.59 Å². The average molecular weight is 531 g/mol. The lowest BCUT2D eigenvalue weighted by atomic mass is 9.81. The Morgan fingerprint density at radius 2 is 1.90 bits per heavy atom. The van der Waals surface area contributed by atoms with Gasteiger partial charge in [0.15, 0.2) is 0 Å². The molecule has 170 valence electrons. The van der Waals surface area contributed by atoms with Crippen molar-refractivity contribution in [1.29, 1.82) is 0 Å². The maximum absolute atomic E-state index is 12.7. The molecule has 1 aliphatic carbocycles. The summed E-state index contributed by atoms with van der Waals surface area (Å²) in [6.07, 6.45) is 10.6. The smallest absolute Gasteiger partial charge is 0.408 e. The lowest BCUT2D eigenvalue weighted by Crippen LogP contribution is -2.44. The van der Waals surface area contributed by atoms with Crippen molar-refractivity contribution < 1.29 is 19.1 Å². The Morgan fingerprint density at radius 3 is 2.40 bits per heavy atom. The van der Waals surface area contributed by atoms with Crippen LogP contribution in [0.15, 0.2) is 35.5 Å². The molecular weight excluding hydrogens is 493 g/mol. The fourth-order valence-electron chi connectivity index (χ4n) is 3.42. The van der Waals surface area contributed by atoms with Crippen molar-refractivity contribution in [3.63, 3.8) is 0 Å². The zero-order chi connectivity index (χ0) is 22.9. The summed E-state index contributed by atoms with van der Waals surface area (Å²) in [7, 11) is 0. The van der Waals surface area contributed by atoms with Crippen molar-refractivity contribution in [2.24, 2.45) is 11.8 Å². The van der Waals surface area contributed by atoms with Crippen LogP contribution in [0.4, 0.5) is 4.79 Å². The van der Waals surface area contributed by atoms with Gasteiger partial charge in [0.1, 0.15) is 17.7 Å². The highest BCUT2D eigenvalue weighted by Gasteiger charge is 2.30. The van der Waals surface area contributed by atoms with E-state index in [1.54, 1.807) is 27.7 Å². The van der Waals surface area contributed by atoms with E-state index in [1.807, 2.05) is 6.92 Å². The first-order valence-electron chi connectivity index (χ1n) is 10.8. The van der Waals surface area contributed by atoms with Gasteiger partial charge in [0.05, 0.1) is 0 Å². The van der Waals surface area contributed by atoms with E-state index in [0.29, 0.717) is 5.92 Å². The number of nitrogens with one attached hydrogen (secondary N) is 1. The third-order valence-corrected chi connectivity index (χ3v) is 6.07. The number of halogens is 1. The van der Waals surface area contributed by atoms with Crippen molar-refractivity contribution in [2.75, 3.05) is 4.43 Å². The Balaban J connectivity index is 2.88. The van der Waals surface area contributed by atoms with Crippen LogP contribution in [0.3, 0.4) is 0 Å². The van der Waals surface area contributed by atoms with E-state index in [2.05, 4.69) is 66.1 Å². The van der Waals surface area contributed by atoms with Crippen LogP contribution in [0.25, 0.3) is 0 Å². The number of carbonyl (C=O) groups excluding carboxylic acids is 2. The second-order valence-electron chi connectivity index (χ2n) is 8.95. The fraction of sp³-hybridized carbons (Fsp3) is 0.667. The quantitative estimate of drug-likeness (QED) is 0.168. The number of alkyl halides is 1. The predicted molar refractivity (Wildman–Crippen MR) is 131 cm³/mol. The van der Waals surface area contributed by atoms with E-state index in [4.69, 9.17) is 9.47 Å². The second-order valence-corrected chi connectivity index (χ2v) is 9.72. The zero-order valence-corrected chi connectivity index (χ0v) is 21.6. The molecule has 0 fully saturated rings. The number of hydrogen-bond donors (Lipinski definition) is 1. The van der Waals surface area contributed by atoms with Gasteiger partial charge < -0.3 is 14.8 Å². The normalized spacial score (nSPS) is 20.1. The number of amides is 1. The highest BCUT2D eigenvalue weighted by Crippen LogP contribution is 2.33. The first kappa shape index (κ1) is 26.7. The maximum Gasteiger partial charge on any atom is 0.408 e. The molecule has 0 radical (unpaired) electrons. The molecule has 0 aromatic rings. The summed E-state index contributed by atoms with van der Waals surface area (Å²) in [5.41, 5.74) is 2.09. The highest BCUT2D eigenvalue weighted by molar-refractivity contribution is 14.1. The van der Waals surface area contributed by atoms with E-state index >= 15 is 0 Å². The molecule has 30 heavy (non-hydrogen) atoms. The summed E-state index contributed by atoms with van der Waals surface area (Å²) in [5, 5.41) is 2.57. The van der Waals surface area contributed by atoms with E-state index in [0.717, 1.165) is 23.7 Å². The van der Waals surface area contributed by atoms with Crippen LogP contribution >= 0.6 is 22.6 Å². The highest BCUT2D eigenvalue weighted by atomic mass is 127. The molecule has 4 atom stereocenters. The number of esters is 1. The molecule has 0 aliphatic heterocycles. The molecule has 5 nitrogen and oxygen atoms in total. The van der Waals surface area contributed by atoms with Crippen molar-refractivity contribution in [3.05, 3.63) is 35.5 Å². The van der Waals surface area contributed by atoms with Gasteiger partial charge in [0.25, 0.3) is 0 Å². The Kier molecular flexibility index (Phi) is 11.2.